The Morgan fingerprint density at radius 3 is 2.52 bits per heavy atom. The number of halogens is 3. The topological polar surface area (TPSA) is 35.2 Å². The van der Waals surface area contributed by atoms with Crippen molar-refractivity contribution in [2.75, 3.05) is 0 Å². The first-order valence-electron chi connectivity index (χ1n) is 6.96. The van der Waals surface area contributed by atoms with Crippen LogP contribution in [0.25, 0.3) is 0 Å². The van der Waals surface area contributed by atoms with E-state index in [0.29, 0.717) is 11.7 Å². The molecule has 116 valence electrons. The molecule has 2 atom stereocenters. The molecule has 0 radical (unpaired) electrons. The molecule has 0 amide bonds. The molecule has 1 aromatic rings. The molecule has 0 aromatic heterocycles. The lowest BCUT2D eigenvalue weighted by molar-refractivity contribution is -0.137. The largest absolute Gasteiger partial charge is 0.490 e. The van der Waals surface area contributed by atoms with Crippen LogP contribution in [-0.2, 0) is 6.18 Å². The summed E-state index contributed by atoms with van der Waals surface area (Å²) < 4.78 is 44.6. The molecule has 1 aliphatic rings. The van der Waals surface area contributed by atoms with Crippen molar-refractivity contribution in [2.45, 2.75) is 44.9 Å². The van der Waals surface area contributed by atoms with Gasteiger partial charge in [0.1, 0.15) is 16.8 Å². The van der Waals surface area contributed by atoms with E-state index in [1.54, 1.807) is 0 Å². The van der Waals surface area contributed by atoms with Crippen molar-refractivity contribution in [3.63, 3.8) is 0 Å². The predicted molar refractivity (Wildman–Crippen MR) is 79.4 cm³/mol. The van der Waals surface area contributed by atoms with Gasteiger partial charge in [0, 0.05) is 5.56 Å². The summed E-state index contributed by atoms with van der Waals surface area (Å²) in [5, 5.41) is 0. The summed E-state index contributed by atoms with van der Waals surface area (Å²) in [6.45, 7) is 2.10. The molecule has 0 heterocycles. The monoisotopic (exact) mass is 317 g/mol. The second-order valence-electron chi connectivity index (χ2n) is 5.49. The first-order chi connectivity index (χ1) is 9.79. The van der Waals surface area contributed by atoms with Crippen molar-refractivity contribution in [3.8, 4) is 5.75 Å². The molecule has 0 bridgehead atoms. The van der Waals surface area contributed by atoms with Gasteiger partial charge in [-0.3, -0.25) is 0 Å². The molecule has 1 aromatic carbocycles. The van der Waals surface area contributed by atoms with E-state index >= 15 is 0 Å². The van der Waals surface area contributed by atoms with Crippen LogP contribution in [0.4, 0.5) is 13.2 Å². The van der Waals surface area contributed by atoms with Crippen molar-refractivity contribution in [1.82, 2.24) is 0 Å². The summed E-state index contributed by atoms with van der Waals surface area (Å²) in [5.74, 6) is 0.791. The highest BCUT2D eigenvalue weighted by molar-refractivity contribution is 7.80. The van der Waals surface area contributed by atoms with Crippen molar-refractivity contribution in [2.24, 2.45) is 11.7 Å². The van der Waals surface area contributed by atoms with Gasteiger partial charge in [0.2, 0.25) is 0 Å². The van der Waals surface area contributed by atoms with Crippen LogP contribution in [0.15, 0.2) is 18.2 Å². The number of ether oxygens (including phenoxy) is 1. The molecule has 2 rings (SSSR count). The molecule has 6 heteroatoms. The Bertz CT molecular complexity index is 530. The molecule has 1 aliphatic carbocycles. The van der Waals surface area contributed by atoms with Crippen LogP contribution < -0.4 is 10.5 Å². The molecule has 2 nitrogen and oxygen atoms in total. The van der Waals surface area contributed by atoms with Crippen molar-refractivity contribution in [1.29, 1.82) is 0 Å². The van der Waals surface area contributed by atoms with Crippen molar-refractivity contribution in [3.05, 3.63) is 29.3 Å². The summed E-state index contributed by atoms with van der Waals surface area (Å²) in [5.41, 5.74) is 4.41. The van der Waals surface area contributed by atoms with Crippen LogP contribution >= 0.6 is 12.2 Å². The van der Waals surface area contributed by atoms with Crippen LogP contribution in [0, 0.1) is 5.92 Å². The summed E-state index contributed by atoms with van der Waals surface area (Å²) in [7, 11) is 0. The van der Waals surface area contributed by atoms with E-state index in [1.807, 2.05) is 0 Å². The normalized spacial score (nSPS) is 22.9. The number of hydrogen-bond acceptors (Lipinski definition) is 2. The van der Waals surface area contributed by atoms with E-state index in [1.165, 1.54) is 18.6 Å². The number of thiocarbonyl (C=S) groups is 1. The number of rotatable bonds is 3. The lowest BCUT2D eigenvalue weighted by atomic mass is 9.88. The number of hydrogen-bond donors (Lipinski definition) is 1. The summed E-state index contributed by atoms with van der Waals surface area (Å²) in [4.78, 5) is -0.274. The van der Waals surface area contributed by atoms with Crippen molar-refractivity contribution >= 4 is 17.2 Å². The number of nitrogens with two attached hydrogens (primary N) is 1. The molecule has 0 spiro atoms. The third kappa shape index (κ3) is 3.87. The minimum atomic E-state index is -4.48. The summed E-state index contributed by atoms with van der Waals surface area (Å²) >= 11 is 4.73. The molecule has 0 saturated heterocycles. The van der Waals surface area contributed by atoms with E-state index in [2.05, 4.69) is 6.92 Å². The summed E-state index contributed by atoms with van der Waals surface area (Å²) in [6, 6.07) is 3.62. The van der Waals surface area contributed by atoms with Gasteiger partial charge in [-0.15, -0.1) is 0 Å². The Morgan fingerprint density at radius 1 is 1.29 bits per heavy atom. The molecule has 21 heavy (non-hydrogen) atoms. The van der Waals surface area contributed by atoms with Gasteiger partial charge in [0.25, 0.3) is 0 Å². The minimum Gasteiger partial charge on any atom is -0.490 e. The third-order valence-corrected chi connectivity index (χ3v) is 4.10. The minimum absolute atomic E-state index is 0.0367. The maximum Gasteiger partial charge on any atom is 0.417 e. The average Bonchev–Trinajstić information content (AvgIpc) is 2.40. The maximum absolute atomic E-state index is 12.9. The van der Waals surface area contributed by atoms with Gasteiger partial charge < -0.3 is 10.5 Å². The van der Waals surface area contributed by atoms with Crippen LogP contribution in [0.5, 0.6) is 5.75 Å². The van der Waals surface area contributed by atoms with Crippen LogP contribution in [0.3, 0.4) is 0 Å². The van der Waals surface area contributed by atoms with Crippen LogP contribution in [-0.4, -0.2) is 11.1 Å². The van der Waals surface area contributed by atoms with Gasteiger partial charge in [0.15, 0.2) is 0 Å². The second-order valence-corrected chi connectivity index (χ2v) is 5.93. The first kappa shape index (κ1) is 16.1. The van der Waals surface area contributed by atoms with Gasteiger partial charge >= 0.3 is 6.18 Å². The predicted octanol–water partition coefficient (Wildman–Crippen LogP) is 4.30. The van der Waals surface area contributed by atoms with Crippen LogP contribution in [0.2, 0.25) is 0 Å². The highest BCUT2D eigenvalue weighted by atomic mass is 32.1. The molecule has 0 aliphatic heterocycles. The van der Waals surface area contributed by atoms with Crippen LogP contribution in [0.1, 0.15) is 43.7 Å². The third-order valence-electron chi connectivity index (χ3n) is 3.88. The van der Waals surface area contributed by atoms with Gasteiger partial charge in [0.05, 0.1) is 5.56 Å². The number of alkyl halides is 3. The molecule has 2 N–H and O–H groups in total. The standard InChI is InChI=1S/C15H18F3NOS/c1-9-4-2-3-5-13(9)20-10-6-7-12(15(16,17)18)11(8-10)14(19)21/h6-9,13H,2-5H2,1H3,(H2,19,21). The zero-order valence-corrected chi connectivity index (χ0v) is 12.6. The lowest BCUT2D eigenvalue weighted by Crippen LogP contribution is -2.28. The fourth-order valence-corrected chi connectivity index (χ4v) is 2.85. The zero-order valence-electron chi connectivity index (χ0n) is 11.7. The Balaban J connectivity index is 2.26. The van der Waals surface area contributed by atoms with E-state index in [-0.39, 0.29) is 16.7 Å². The Kier molecular flexibility index (Phi) is 4.76. The Labute approximate surface area is 127 Å². The molecule has 1 saturated carbocycles. The average molecular weight is 317 g/mol. The number of benzene rings is 1. The molecular formula is C15H18F3NOS. The smallest absolute Gasteiger partial charge is 0.417 e. The SMILES string of the molecule is CC1CCCCC1Oc1ccc(C(F)(F)F)c(C(N)=S)c1. The second kappa shape index (κ2) is 6.22. The zero-order chi connectivity index (χ0) is 15.6. The van der Waals surface area contributed by atoms with Gasteiger partial charge in [-0.05, 0) is 43.4 Å². The molecule has 2 unspecified atom stereocenters. The lowest BCUT2D eigenvalue weighted by Gasteiger charge is -2.29. The van der Waals surface area contributed by atoms with E-state index in [0.717, 1.165) is 25.3 Å². The van der Waals surface area contributed by atoms with Crippen molar-refractivity contribution < 1.29 is 17.9 Å². The fraction of sp³-hybridized carbons (Fsp3) is 0.533. The highest BCUT2D eigenvalue weighted by Crippen LogP contribution is 2.35. The fourth-order valence-electron chi connectivity index (χ4n) is 2.68. The Hall–Kier alpha value is -1.30. The Morgan fingerprint density at radius 2 is 1.95 bits per heavy atom. The highest BCUT2D eigenvalue weighted by Gasteiger charge is 2.34. The first-order valence-corrected chi connectivity index (χ1v) is 7.37. The quantitative estimate of drug-likeness (QED) is 0.844. The van der Waals surface area contributed by atoms with Gasteiger partial charge in [-0.1, -0.05) is 25.6 Å². The van der Waals surface area contributed by atoms with E-state index in [9.17, 15) is 13.2 Å². The maximum atomic E-state index is 12.9. The molecule has 1 fully saturated rings. The van der Waals surface area contributed by atoms with E-state index < -0.39 is 11.7 Å². The van der Waals surface area contributed by atoms with E-state index in [4.69, 9.17) is 22.7 Å². The van der Waals surface area contributed by atoms with Gasteiger partial charge in [-0.25, -0.2) is 0 Å². The van der Waals surface area contributed by atoms with Gasteiger partial charge in [-0.2, -0.15) is 13.2 Å². The summed E-state index contributed by atoms with van der Waals surface area (Å²) in [6.07, 6.45) is -0.188. The molecular weight excluding hydrogens is 299 g/mol.